The molecule has 0 spiro atoms. The maximum absolute atomic E-state index is 10.7. The molecule has 0 heterocycles. The zero-order valence-corrected chi connectivity index (χ0v) is 15.7. The van der Waals surface area contributed by atoms with Crippen LogP contribution in [0.15, 0.2) is 0 Å². The molecule has 0 aromatic carbocycles. The van der Waals surface area contributed by atoms with Crippen LogP contribution in [0.25, 0.3) is 0 Å². The Labute approximate surface area is 144 Å². The fourth-order valence-electron chi connectivity index (χ4n) is 3.25. The highest BCUT2D eigenvalue weighted by Gasteiger charge is 2.33. The molecule has 0 aliphatic carbocycles. The summed E-state index contributed by atoms with van der Waals surface area (Å²) < 4.78 is 0. The average molecular weight is 331 g/mol. The summed E-state index contributed by atoms with van der Waals surface area (Å²) in [5.41, 5.74) is -1.09. The van der Waals surface area contributed by atoms with E-state index in [1.807, 2.05) is 0 Å². The molecule has 0 saturated heterocycles. The van der Waals surface area contributed by atoms with Crippen LogP contribution in [-0.4, -0.2) is 33.6 Å². The average Bonchev–Trinajstić information content (AvgIpc) is 2.54. The summed E-state index contributed by atoms with van der Waals surface area (Å²) >= 11 is 0. The summed E-state index contributed by atoms with van der Waals surface area (Å²) in [6.07, 6.45) is 15.0. The van der Waals surface area contributed by atoms with Gasteiger partial charge in [-0.3, -0.25) is 0 Å². The standard InChI is InChI=1S/C20H42O3/c1-3-5-7-9-11-13-15-19(22)20(23,17-18-21)16-14-12-10-8-6-4-2/h19,21-23H,3-18H2,1-2H3. The van der Waals surface area contributed by atoms with Crippen molar-refractivity contribution in [3.05, 3.63) is 0 Å². The molecule has 3 N–H and O–H groups in total. The minimum absolute atomic E-state index is 0.0557. The monoisotopic (exact) mass is 330 g/mol. The lowest BCUT2D eigenvalue weighted by atomic mass is 9.84. The number of aliphatic hydroxyl groups excluding tert-OH is 2. The molecule has 0 fully saturated rings. The molecule has 0 radical (unpaired) electrons. The van der Waals surface area contributed by atoms with Gasteiger partial charge in [0.05, 0.1) is 11.7 Å². The Kier molecular flexibility index (Phi) is 15.3. The molecule has 0 saturated carbocycles. The molecule has 2 atom stereocenters. The molecule has 0 rings (SSSR count). The summed E-state index contributed by atoms with van der Waals surface area (Å²) in [7, 11) is 0. The van der Waals surface area contributed by atoms with E-state index in [0.717, 1.165) is 25.7 Å². The van der Waals surface area contributed by atoms with Gasteiger partial charge in [0.2, 0.25) is 0 Å². The quantitative estimate of drug-likeness (QED) is 0.330. The van der Waals surface area contributed by atoms with Gasteiger partial charge in [-0.05, 0) is 12.8 Å². The second-order valence-electron chi connectivity index (χ2n) is 7.17. The van der Waals surface area contributed by atoms with Crippen LogP contribution < -0.4 is 0 Å². The molecule has 0 bridgehead atoms. The molecule has 3 nitrogen and oxygen atoms in total. The number of aliphatic hydroxyl groups is 3. The van der Waals surface area contributed by atoms with E-state index in [1.165, 1.54) is 51.4 Å². The largest absolute Gasteiger partial charge is 0.396 e. The lowest BCUT2D eigenvalue weighted by molar-refractivity contribution is -0.0971. The molecule has 0 amide bonds. The highest BCUT2D eigenvalue weighted by Crippen LogP contribution is 2.27. The van der Waals surface area contributed by atoms with Crippen molar-refractivity contribution in [1.29, 1.82) is 0 Å². The first kappa shape index (κ1) is 22.9. The normalized spacial score (nSPS) is 15.5. The van der Waals surface area contributed by atoms with Gasteiger partial charge >= 0.3 is 0 Å². The molecular weight excluding hydrogens is 288 g/mol. The summed E-state index contributed by atoms with van der Waals surface area (Å²) in [4.78, 5) is 0. The lowest BCUT2D eigenvalue weighted by Crippen LogP contribution is -2.43. The number of unbranched alkanes of at least 4 members (excludes halogenated alkanes) is 10. The third-order valence-corrected chi connectivity index (χ3v) is 4.96. The van der Waals surface area contributed by atoms with Crippen molar-refractivity contribution in [1.82, 2.24) is 0 Å². The van der Waals surface area contributed by atoms with Gasteiger partial charge in [-0.2, -0.15) is 0 Å². The third kappa shape index (κ3) is 12.0. The van der Waals surface area contributed by atoms with Crippen LogP contribution in [0.5, 0.6) is 0 Å². The van der Waals surface area contributed by atoms with Gasteiger partial charge in [0.15, 0.2) is 0 Å². The zero-order chi connectivity index (χ0) is 17.4. The highest BCUT2D eigenvalue weighted by atomic mass is 16.3. The van der Waals surface area contributed by atoms with Crippen LogP contribution in [-0.2, 0) is 0 Å². The summed E-state index contributed by atoms with van der Waals surface area (Å²) in [6, 6.07) is 0. The minimum Gasteiger partial charge on any atom is -0.396 e. The van der Waals surface area contributed by atoms with Crippen LogP contribution in [0.2, 0.25) is 0 Å². The van der Waals surface area contributed by atoms with E-state index in [0.29, 0.717) is 19.3 Å². The SMILES string of the molecule is CCCCCCCCC(O)C(O)(CCO)CCCCCCCC. The van der Waals surface area contributed by atoms with Gasteiger partial charge in [-0.15, -0.1) is 0 Å². The Hall–Kier alpha value is -0.120. The molecule has 0 aliphatic heterocycles. The minimum atomic E-state index is -1.09. The van der Waals surface area contributed by atoms with Gasteiger partial charge < -0.3 is 15.3 Å². The van der Waals surface area contributed by atoms with Crippen LogP contribution in [0.3, 0.4) is 0 Å². The second kappa shape index (κ2) is 15.4. The van der Waals surface area contributed by atoms with Crippen LogP contribution in [0, 0.1) is 0 Å². The molecule has 0 aliphatic rings. The first-order valence-electron chi connectivity index (χ1n) is 10.1. The van der Waals surface area contributed by atoms with Crippen LogP contribution >= 0.6 is 0 Å². The molecule has 0 aromatic heterocycles. The van der Waals surface area contributed by atoms with Gasteiger partial charge in [0, 0.05) is 13.0 Å². The van der Waals surface area contributed by atoms with Gasteiger partial charge in [0.25, 0.3) is 0 Å². The van der Waals surface area contributed by atoms with E-state index in [4.69, 9.17) is 0 Å². The lowest BCUT2D eigenvalue weighted by Gasteiger charge is -2.33. The maximum atomic E-state index is 10.7. The van der Waals surface area contributed by atoms with Crippen molar-refractivity contribution >= 4 is 0 Å². The third-order valence-electron chi connectivity index (χ3n) is 4.96. The van der Waals surface area contributed by atoms with E-state index < -0.39 is 11.7 Å². The van der Waals surface area contributed by atoms with Crippen molar-refractivity contribution in [2.75, 3.05) is 6.61 Å². The van der Waals surface area contributed by atoms with Crippen LogP contribution in [0.1, 0.15) is 110 Å². The Morgan fingerprint density at radius 1 is 0.696 bits per heavy atom. The zero-order valence-electron chi connectivity index (χ0n) is 15.7. The Morgan fingerprint density at radius 3 is 1.70 bits per heavy atom. The van der Waals surface area contributed by atoms with E-state index in [2.05, 4.69) is 13.8 Å². The molecule has 2 unspecified atom stereocenters. The second-order valence-corrected chi connectivity index (χ2v) is 7.17. The summed E-state index contributed by atoms with van der Waals surface area (Å²) in [5, 5.41) is 30.3. The van der Waals surface area contributed by atoms with Gasteiger partial charge in [-0.1, -0.05) is 90.9 Å². The van der Waals surface area contributed by atoms with Crippen LogP contribution in [0.4, 0.5) is 0 Å². The Morgan fingerprint density at radius 2 is 1.17 bits per heavy atom. The van der Waals surface area contributed by atoms with Gasteiger partial charge in [-0.25, -0.2) is 0 Å². The topological polar surface area (TPSA) is 60.7 Å². The highest BCUT2D eigenvalue weighted by molar-refractivity contribution is 4.86. The predicted molar refractivity (Wildman–Crippen MR) is 98.6 cm³/mol. The van der Waals surface area contributed by atoms with Crippen molar-refractivity contribution in [2.45, 2.75) is 122 Å². The van der Waals surface area contributed by atoms with E-state index >= 15 is 0 Å². The van der Waals surface area contributed by atoms with Crippen molar-refractivity contribution in [2.24, 2.45) is 0 Å². The van der Waals surface area contributed by atoms with Crippen molar-refractivity contribution in [3.8, 4) is 0 Å². The smallest absolute Gasteiger partial charge is 0.0927 e. The van der Waals surface area contributed by atoms with Crippen molar-refractivity contribution < 1.29 is 15.3 Å². The number of rotatable bonds is 17. The number of hydrogen-bond acceptors (Lipinski definition) is 3. The molecule has 3 heteroatoms. The van der Waals surface area contributed by atoms with E-state index in [-0.39, 0.29) is 6.61 Å². The first-order chi connectivity index (χ1) is 11.1. The predicted octanol–water partition coefficient (Wildman–Crippen LogP) is 4.96. The summed E-state index contributed by atoms with van der Waals surface area (Å²) in [6.45, 7) is 4.36. The fourth-order valence-corrected chi connectivity index (χ4v) is 3.25. The fraction of sp³-hybridized carbons (Fsp3) is 1.00. The van der Waals surface area contributed by atoms with Crippen molar-refractivity contribution in [3.63, 3.8) is 0 Å². The van der Waals surface area contributed by atoms with Gasteiger partial charge in [0.1, 0.15) is 0 Å². The molecule has 23 heavy (non-hydrogen) atoms. The molecular formula is C20H42O3. The Balaban J connectivity index is 3.97. The Bertz CT molecular complexity index is 245. The molecule has 0 aromatic rings. The summed E-state index contributed by atoms with van der Waals surface area (Å²) in [5.74, 6) is 0. The maximum Gasteiger partial charge on any atom is 0.0927 e. The molecule has 140 valence electrons. The van der Waals surface area contributed by atoms with E-state index in [9.17, 15) is 15.3 Å². The van der Waals surface area contributed by atoms with E-state index in [1.54, 1.807) is 0 Å². The first-order valence-corrected chi connectivity index (χ1v) is 10.1. The number of hydrogen-bond donors (Lipinski definition) is 3.